The predicted octanol–water partition coefficient (Wildman–Crippen LogP) is 4.72. The molecule has 0 aliphatic heterocycles. The van der Waals surface area contributed by atoms with E-state index in [1.54, 1.807) is 12.1 Å². The molecule has 0 heterocycles. The van der Waals surface area contributed by atoms with Crippen molar-refractivity contribution < 1.29 is 14.3 Å². The van der Waals surface area contributed by atoms with E-state index in [1.807, 2.05) is 18.2 Å². The van der Waals surface area contributed by atoms with E-state index in [0.29, 0.717) is 24.2 Å². The van der Waals surface area contributed by atoms with E-state index in [1.165, 1.54) is 7.11 Å². The summed E-state index contributed by atoms with van der Waals surface area (Å²) in [6.45, 7) is 7.44. The van der Waals surface area contributed by atoms with Crippen molar-refractivity contribution in [1.82, 2.24) is 0 Å². The molecule has 1 atom stereocenters. The summed E-state index contributed by atoms with van der Waals surface area (Å²) in [5, 5.41) is 0. The second-order valence-electron chi connectivity index (χ2n) is 5.50. The lowest BCUT2D eigenvalue weighted by Crippen LogP contribution is -2.19. The number of benzene rings is 1. The third-order valence-electron chi connectivity index (χ3n) is 3.70. The van der Waals surface area contributed by atoms with Crippen LogP contribution < -0.4 is 4.74 Å². The van der Waals surface area contributed by atoms with Crippen LogP contribution in [0.5, 0.6) is 5.75 Å². The van der Waals surface area contributed by atoms with Gasteiger partial charge in [-0.1, -0.05) is 24.3 Å². The van der Waals surface area contributed by atoms with Crippen molar-refractivity contribution in [3.8, 4) is 18.1 Å². The quantitative estimate of drug-likeness (QED) is 0.255. The molecule has 1 unspecified atom stereocenters. The van der Waals surface area contributed by atoms with Crippen molar-refractivity contribution in [3.63, 3.8) is 0 Å². The van der Waals surface area contributed by atoms with E-state index in [2.05, 4.69) is 19.1 Å². The average Bonchev–Trinajstić information content (AvgIpc) is 2.58. The van der Waals surface area contributed by atoms with Gasteiger partial charge in [-0.3, -0.25) is 0 Å². The van der Waals surface area contributed by atoms with Crippen molar-refractivity contribution in [1.29, 1.82) is 0 Å². The molecule has 0 aliphatic rings. The number of rotatable bonds is 11. The third kappa shape index (κ3) is 5.96. The molecule has 0 bridgehead atoms. The van der Waals surface area contributed by atoms with Crippen LogP contribution in [0.4, 0.5) is 0 Å². The second kappa shape index (κ2) is 11.1. The SMILES string of the molecule is C#CCC(CCCCC=C)OC(=O)c1c(CC=C)cccc1OC. The van der Waals surface area contributed by atoms with Crippen LogP contribution in [0.25, 0.3) is 0 Å². The molecule has 3 nitrogen and oxygen atoms in total. The van der Waals surface area contributed by atoms with Gasteiger partial charge in [0, 0.05) is 6.42 Å². The molecule has 0 aromatic heterocycles. The Morgan fingerprint density at radius 1 is 1.33 bits per heavy atom. The molecule has 1 aromatic carbocycles. The highest BCUT2D eigenvalue weighted by molar-refractivity contribution is 5.94. The first-order valence-electron chi connectivity index (χ1n) is 8.20. The number of terminal acetylenes is 1. The molecule has 0 fully saturated rings. The minimum Gasteiger partial charge on any atom is -0.496 e. The van der Waals surface area contributed by atoms with Crippen molar-refractivity contribution in [3.05, 3.63) is 54.6 Å². The number of allylic oxidation sites excluding steroid dienone is 2. The van der Waals surface area contributed by atoms with Crippen LogP contribution in [0.1, 0.15) is 48.0 Å². The van der Waals surface area contributed by atoms with E-state index in [4.69, 9.17) is 15.9 Å². The van der Waals surface area contributed by atoms with Gasteiger partial charge >= 0.3 is 5.97 Å². The van der Waals surface area contributed by atoms with Crippen molar-refractivity contribution >= 4 is 5.97 Å². The Morgan fingerprint density at radius 2 is 2.12 bits per heavy atom. The Kier molecular flexibility index (Phi) is 9.07. The third-order valence-corrected chi connectivity index (χ3v) is 3.70. The van der Waals surface area contributed by atoms with Crippen LogP contribution in [-0.4, -0.2) is 19.2 Å². The molecule has 0 N–H and O–H groups in total. The summed E-state index contributed by atoms with van der Waals surface area (Å²) in [5.74, 6) is 2.70. The van der Waals surface area contributed by atoms with Gasteiger partial charge in [-0.05, 0) is 43.7 Å². The molecular formula is C21H26O3. The Morgan fingerprint density at radius 3 is 2.75 bits per heavy atom. The van der Waals surface area contributed by atoms with Gasteiger partial charge in [-0.2, -0.15) is 0 Å². The minimum atomic E-state index is -0.395. The summed E-state index contributed by atoms with van der Waals surface area (Å²) >= 11 is 0. The lowest BCUT2D eigenvalue weighted by molar-refractivity contribution is 0.0284. The zero-order chi connectivity index (χ0) is 17.8. The van der Waals surface area contributed by atoms with E-state index in [9.17, 15) is 4.79 Å². The van der Waals surface area contributed by atoms with Crippen molar-refractivity contribution in [2.24, 2.45) is 0 Å². The maximum atomic E-state index is 12.7. The number of esters is 1. The molecule has 3 heteroatoms. The highest BCUT2D eigenvalue weighted by Crippen LogP contribution is 2.25. The van der Waals surface area contributed by atoms with Gasteiger partial charge in [-0.25, -0.2) is 4.79 Å². The Labute approximate surface area is 145 Å². The molecule has 0 aliphatic carbocycles. The topological polar surface area (TPSA) is 35.5 Å². The first kappa shape index (κ1) is 19.6. The fraction of sp³-hybridized carbons (Fsp3) is 0.381. The van der Waals surface area contributed by atoms with E-state index < -0.39 is 5.97 Å². The number of carbonyl (C=O) groups is 1. The minimum absolute atomic E-state index is 0.284. The molecule has 1 rings (SSSR count). The van der Waals surface area contributed by atoms with E-state index >= 15 is 0 Å². The molecule has 0 saturated heterocycles. The fourth-order valence-electron chi connectivity index (χ4n) is 2.51. The van der Waals surface area contributed by atoms with Crippen LogP contribution in [0.3, 0.4) is 0 Å². The monoisotopic (exact) mass is 326 g/mol. The molecule has 24 heavy (non-hydrogen) atoms. The first-order valence-corrected chi connectivity index (χ1v) is 8.20. The molecule has 128 valence electrons. The molecule has 0 radical (unpaired) electrons. The predicted molar refractivity (Wildman–Crippen MR) is 98.2 cm³/mol. The number of hydrogen-bond acceptors (Lipinski definition) is 3. The van der Waals surface area contributed by atoms with Gasteiger partial charge in [0.1, 0.15) is 17.4 Å². The summed E-state index contributed by atoms with van der Waals surface area (Å²) in [6.07, 6.45) is 13.4. The highest BCUT2D eigenvalue weighted by Gasteiger charge is 2.21. The van der Waals surface area contributed by atoms with Crippen LogP contribution in [-0.2, 0) is 11.2 Å². The van der Waals surface area contributed by atoms with Gasteiger partial charge in [0.2, 0.25) is 0 Å². The van der Waals surface area contributed by atoms with Crippen molar-refractivity contribution in [2.75, 3.05) is 7.11 Å². The number of methoxy groups -OCH3 is 1. The van der Waals surface area contributed by atoms with Gasteiger partial charge in [0.15, 0.2) is 0 Å². The lowest BCUT2D eigenvalue weighted by atomic mass is 10.0. The van der Waals surface area contributed by atoms with E-state index in [-0.39, 0.29) is 6.10 Å². The number of carbonyl (C=O) groups excluding carboxylic acids is 1. The Hall–Kier alpha value is -2.47. The Bertz CT molecular complexity index is 596. The molecule has 1 aromatic rings. The highest BCUT2D eigenvalue weighted by atomic mass is 16.5. The van der Waals surface area contributed by atoms with Gasteiger partial charge in [-0.15, -0.1) is 25.5 Å². The van der Waals surface area contributed by atoms with Gasteiger partial charge < -0.3 is 9.47 Å². The van der Waals surface area contributed by atoms with Crippen molar-refractivity contribution in [2.45, 2.75) is 44.6 Å². The average molecular weight is 326 g/mol. The molecular weight excluding hydrogens is 300 g/mol. The number of hydrogen-bond donors (Lipinski definition) is 0. The lowest BCUT2D eigenvalue weighted by Gasteiger charge is -2.18. The smallest absolute Gasteiger partial charge is 0.342 e. The van der Waals surface area contributed by atoms with Crippen LogP contribution in [0.2, 0.25) is 0 Å². The largest absolute Gasteiger partial charge is 0.496 e. The molecule has 0 spiro atoms. The Balaban J connectivity index is 2.88. The molecule has 0 saturated carbocycles. The number of unbranched alkanes of at least 4 members (excludes halogenated alkanes) is 2. The van der Waals surface area contributed by atoms with Crippen LogP contribution in [0, 0.1) is 12.3 Å². The zero-order valence-corrected chi connectivity index (χ0v) is 14.4. The van der Waals surface area contributed by atoms with Gasteiger partial charge in [0.25, 0.3) is 0 Å². The second-order valence-corrected chi connectivity index (χ2v) is 5.50. The van der Waals surface area contributed by atoms with Gasteiger partial charge in [0.05, 0.1) is 7.11 Å². The van der Waals surface area contributed by atoms with E-state index in [0.717, 1.165) is 31.2 Å². The summed E-state index contributed by atoms with van der Waals surface area (Å²) < 4.78 is 11.0. The summed E-state index contributed by atoms with van der Waals surface area (Å²) in [5.41, 5.74) is 1.29. The molecule has 0 amide bonds. The normalized spacial score (nSPS) is 11.2. The standard InChI is InChI=1S/C21H26O3/c1-5-8-9-10-15-18(13-7-3)24-21(22)20-17(12-6-2)14-11-16-19(20)23-4/h3,5-6,11,14,16,18H,1-2,8-10,12-13,15H2,4H3. The van der Waals surface area contributed by atoms with Crippen LogP contribution in [0.15, 0.2) is 43.5 Å². The summed E-state index contributed by atoms with van der Waals surface area (Å²) in [4.78, 5) is 12.7. The fourth-order valence-corrected chi connectivity index (χ4v) is 2.51. The first-order chi connectivity index (χ1) is 11.7. The zero-order valence-electron chi connectivity index (χ0n) is 14.4. The number of ether oxygens (including phenoxy) is 2. The maximum Gasteiger partial charge on any atom is 0.342 e. The maximum absolute atomic E-state index is 12.7. The summed E-state index contributed by atoms with van der Waals surface area (Å²) in [7, 11) is 1.54. The summed E-state index contributed by atoms with van der Waals surface area (Å²) in [6, 6.07) is 5.48. The van der Waals surface area contributed by atoms with Crippen LogP contribution >= 0.6 is 0 Å².